The van der Waals surface area contributed by atoms with Crippen molar-refractivity contribution in [2.45, 2.75) is 31.5 Å². The SMILES string of the molecule is CCCCNc1nc(SC)nc2c1cnn2CCNC(=O)O. The molecule has 0 saturated heterocycles. The third kappa shape index (κ3) is 4.00. The number of nitrogens with one attached hydrogen (secondary N) is 2. The number of rotatable bonds is 8. The molecule has 0 spiro atoms. The molecule has 0 aliphatic rings. The predicted molar refractivity (Wildman–Crippen MR) is 86.5 cm³/mol. The molecule has 120 valence electrons. The summed E-state index contributed by atoms with van der Waals surface area (Å²) in [4.78, 5) is 19.5. The Kier molecular flexibility index (Phi) is 5.82. The van der Waals surface area contributed by atoms with Crippen LogP contribution in [0.5, 0.6) is 0 Å². The van der Waals surface area contributed by atoms with E-state index in [1.54, 1.807) is 10.9 Å². The van der Waals surface area contributed by atoms with Crippen molar-refractivity contribution in [2.24, 2.45) is 0 Å². The number of hydrogen-bond donors (Lipinski definition) is 3. The van der Waals surface area contributed by atoms with E-state index in [9.17, 15) is 4.79 Å². The molecule has 0 bridgehead atoms. The van der Waals surface area contributed by atoms with Crippen molar-refractivity contribution >= 4 is 34.7 Å². The van der Waals surface area contributed by atoms with Crippen LogP contribution in [0.15, 0.2) is 11.4 Å². The van der Waals surface area contributed by atoms with Gasteiger partial charge in [-0.05, 0) is 12.7 Å². The van der Waals surface area contributed by atoms with Gasteiger partial charge in [0.25, 0.3) is 0 Å². The van der Waals surface area contributed by atoms with Crippen molar-refractivity contribution in [3.05, 3.63) is 6.20 Å². The minimum absolute atomic E-state index is 0.281. The van der Waals surface area contributed by atoms with Gasteiger partial charge in [-0.1, -0.05) is 25.1 Å². The van der Waals surface area contributed by atoms with Gasteiger partial charge in [-0.3, -0.25) is 0 Å². The van der Waals surface area contributed by atoms with E-state index in [1.165, 1.54) is 11.8 Å². The lowest BCUT2D eigenvalue weighted by molar-refractivity contribution is 0.194. The fraction of sp³-hybridized carbons (Fsp3) is 0.538. The summed E-state index contributed by atoms with van der Waals surface area (Å²) in [6, 6.07) is 0. The number of unbranched alkanes of at least 4 members (excludes halogenated alkanes) is 1. The molecule has 0 saturated carbocycles. The number of carbonyl (C=O) groups is 1. The molecule has 2 rings (SSSR count). The molecule has 0 atom stereocenters. The highest BCUT2D eigenvalue weighted by atomic mass is 32.2. The normalized spacial score (nSPS) is 10.8. The van der Waals surface area contributed by atoms with Crippen LogP contribution in [0.3, 0.4) is 0 Å². The predicted octanol–water partition coefficient (Wildman–Crippen LogP) is 2.03. The minimum atomic E-state index is -1.04. The second-order valence-electron chi connectivity index (χ2n) is 4.68. The van der Waals surface area contributed by atoms with Gasteiger partial charge in [0.05, 0.1) is 18.1 Å². The number of nitrogens with zero attached hydrogens (tertiary/aromatic N) is 4. The summed E-state index contributed by atoms with van der Waals surface area (Å²) in [6.07, 6.45) is 4.77. The molecule has 0 aromatic carbocycles. The molecule has 22 heavy (non-hydrogen) atoms. The van der Waals surface area contributed by atoms with Crippen molar-refractivity contribution < 1.29 is 9.90 Å². The Morgan fingerprint density at radius 1 is 1.41 bits per heavy atom. The molecule has 1 amide bonds. The molecule has 9 heteroatoms. The second-order valence-corrected chi connectivity index (χ2v) is 5.45. The third-order valence-corrected chi connectivity index (χ3v) is 3.63. The first-order chi connectivity index (χ1) is 10.7. The van der Waals surface area contributed by atoms with E-state index >= 15 is 0 Å². The molecule has 2 heterocycles. The quantitative estimate of drug-likeness (QED) is 0.387. The number of carboxylic acid groups (broad SMARTS) is 1. The molecule has 0 aliphatic heterocycles. The summed E-state index contributed by atoms with van der Waals surface area (Å²) in [5, 5.41) is 20.1. The van der Waals surface area contributed by atoms with E-state index in [2.05, 4.69) is 32.6 Å². The molecule has 2 aromatic rings. The van der Waals surface area contributed by atoms with E-state index in [0.717, 1.165) is 30.6 Å². The first-order valence-corrected chi connectivity index (χ1v) is 8.36. The highest BCUT2D eigenvalue weighted by Gasteiger charge is 2.12. The summed E-state index contributed by atoms with van der Waals surface area (Å²) in [5.74, 6) is 0.778. The largest absolute Gasteiger partial charge is 0.465 e. The average Bonchev–Trinajstić information content (AvgIpc) is 2.90. The van der Waals surface area contributed by atoms with Crippen molar-refractivity contribution in [1.29, 1.82) is 0 Å². The smallest absolute Gasteiger partial charge is 0.404 e. The maximum absolute atomic E-state index is 10.5. The first-order valence-electron chi connectivity index (χ1n) is 7.14. The number of fused-ring (bicyclic) bond motifs is 1. The van der Waals surface area contributed by atoms with E-state index < -0.39 is 6.09 Å². The summed E-state index contributed by atoms with van der Waals surface area (Å²) in [7, 11) is 0. The van der Waals surface area contributed by atoms with Crippen LogP contribution in [0, 0.1) is 0 Å². The first kappa shape index (κ1) is 16.3. The zero-order valence-corrected chi connectivity index (χ0v) is 13.5. The highest BCUT2D eigenvalue weighted by Crippen LogP contribution is 2.23. The molecule has 0 radical (unpaired) electrons. The Bertz CT molecular complexity index is 645. The fourth-order valence-corrected chi connectivity index (χ4v) is 2.34. The maximum atomic E-state index is 10.5. The number of hydrogen-bond acceptors (Lipinski definition) is 6. The van der Waals surface area contributed by atoms with E-state index in [-0.39, 0.29) is 6.54 Å². The molecular weight excluding hydrogens is 304 g/mol. The Balaban J connectivity index is 2.24. The van der Waals surface area contributed by atoms with Crippen LogP contribution in [0.4, 0.5) is 10.6 Å². The lowest BCUT2D eigenvalue weighted by Crippen LogP contribution is -2.25. The van der Waals surface area contributed by atoms with E-state index in [1.807, 2.05) is 6.26 Å². The topological polar surface area (TPSA) is 105 Å². The van der Waals surface area contributed by atoms with Gasteiger partial charge < -0.3 is 15.7 Å². The van der Waals surface area contributed by atoms with Gasteiger partial charge in [-0.25, -0.2) is 19.4 Å². The molecule has 0 fully saturated rings. The second kappa shape index (κ2) is 7.83. The van der Waals surface area contributed by atoms with Gasteiger partial charge in [0.1, 0.15) is 5.82 Å². The Hall–Kier alpha value is -2.03. The lowest BCUT2D eigenvalue weighted by atomic mass is 10.3. The molecule has 3 N–H and O–H groups in total. The zero-order chi connectivity index (χ0) is 15.9. The third-order valence-electron chi connectivity index (χ3n) is 3.08. The van der Waals surface area contributed by atoms with Gasteiger partial charge in [-0.2, -0.15) is 5.10 Å². The van der Waals surface area contributed by atoms with Crippen LogP contribution in [0.25, 0.3) is 11.0 Å². The molecule has 0 aliphatic carbocycles. The molecular formula is C13H20N6O2S. The van der Waals surface area contributed by atoms with Crippen LogP contribution in [-0.4, -0.2) is 50.3 Å². The lowest BCUT2D eigenvalue weighted by Gasteiger charge is -2.08. The maximum Gasteiger partial charge on any atom is 0.404 e. The Labute approximate surface area is 132 Å². The molecule has 8 nitrogen and oxygen atoms in total. The van der Waals surface area contributed by atoms with E-state index in [0.29, 0.717) is 17.3 Å². The van der Waals surface area contributed by atoms with Crippen LogP contribution in [0.1, 0.15) is 19.8 Å². The van der Waals surface area contributed by atoms with Crippen molar-refractivity contribution in [3.63, 3.8) is 0 Å². The van der Waals surface area contributed by atoms with Gasteiger partial charge in [0.2, 0.25) is 0 Å². The standard InChI is InChI=1S/C13H20N6O2S/c1-3-4-5-14-10-9-8-16-19(7-6-15-13(20)21)11(9)18-12(17-10)22-2/h8,15H,3-7H2,1-2H3,(H,20,21)(H,14,17,18). The summed E-state index contributed by atoms with van der Waals surface area (Å²) < 4.78 is 1.69. The summed E-state index contributed by atoms with van der Waals surface area (Å²) in [5.41, 5.74) is 0.713. The van der Waals surface area contributed by atoms with Gasteiger partial charge in [0, 0.05) is 13.1 Å². The Morgan fingerprint density at radius 2 is 2.23 bits per heavy atom. The minimum Gasteiger partial charge on any atom is -0.465 e. The number of aromatic nitrogens is 4. The van der Waals surface area contributed by atoms with Crippen molar-refractivity contribution in [2.75, 3.05) is 24.7 Å². The monoisotopic (exact) mass is 324 g/mol. The van der Waals surface area contributed by atoms with Crippen LogP contribution in [-0.2, 0) is 6.54 Å². The number of amides is 1. The number of anilines is 1. The van der Waals surface area contributed by atoms with Crippen molar-refractivity contribution in [3.8, 4) is 0 Å². The highest BCUT2D eigenvalue weighted by molar-refractivity contribution is 7.98. The average molecular weight is 324 g/mol. The van der Waals surface area contributed by atoms with Gasteiger partial charge in [-0.15, -0.1) is 0 Å². The summed E-state index contributed by atoms with van der Waals surface area (Å²) >= 11 is 1.46. The molecule has 0 unspecified atom stereocenters. The van der Waals surface area contributed by atoms with Gasteiger partial charge >= 0.3 is 6.09 Å². The van der Waals surface area contributed by atoms with E-state index in [4.69, 9.17) is 5.11 Å². The zero-order valence-electron chi connectivity index (χ0n) is 12.7. The summed E-state index contributed by atoms with van der Waals surface area (Å²) in [6.45, 7) is 3.69. The van der Waals surface area contributed by atoms with Crippen LogP contribution >= 0.6 is 11.8 Å². The molecule has 2 aromatic heterocycles. The van der Waals surface area contributed by atoms with Gasteiger partial charge in [0.15, 0.2) is 10.8 Å². The van der Waals surface area contributed by atoms with Crippen LogP contribution in [0.2, 0.25) is 0 Å². The van der Waals surface area contributed by atoms with Crippen LogP contribution < -0.4 is 10.6 Å². The number of thioether (sulfide) groups is 1. The van der Waals surface area contributed by atoms with Crippen molar-refractivity contribution in [1.82, 2.24) is 25.1 Å². The fourth-order valence-electron chi connectivity index (χ4n) is 1.98. The Morgan fingerprint density at radius 3 is 2.91 bits per heavy atom.